The van der Waals surface area contributed by atoms with E-state index in [9.17, 15) is 25.2 Å². The van der Waals surface area contributed by atoms with Crippen LogP contribution in [0.4, 0.5) is 5.69 Å². The first-order valence-electron chi connectivity index (χ1n) is 6.15. The number of ether oxygens (including phenoxy) is 1. The number of aliphatic hydroxyl groups is 4. The van der Waals surface area contributed by atoms with Crippen LogP contribution in [-0.4, -0.2) is 57.0 Å². The number of carbonyl (C=O) groups excluding carboxylic acids is 1. The normalized spacial score (nSPS) is 33.8. The van der Waals surface area contributed by atoms with Crippen molar-refractivity contribution in [3.05, 3.63) is 29.8 Å². The number of carbonyl (C=O) groups is 1. The topological polar surface area (TPSA) is 119 Å². The number of anilines is 1. The summed E-state index contributed by atoms with van der Waals surface area (Å²) in [7, 11) is 0. The average molecular weight is 283 g/mol. The first-order valence-corrected chi connectivity index (χ1v) is 6.15. The first kappa shape index (κ1) is 14.9. The molecule has 5 atom stereocenters. The standard InChI is InChI=1S/C13H17NO6/c1-6(15)7-2-4-8(5-3-7)14-12-10(17)9(16)11(18)13(19)20-12/h2-5,9-14,16-19H,1H3/t9-,10-,11-,12-,13+/m0/s1. The van der Waals surface area contributed by atoms with E-state index in [2.05, 4.69) is 5.32 Å². The Morgan fingerprint density at radius 2 is 1.65 bits per heavy atom. The Morgan fingerprint density at radius 3 is 2.20 bits per heavy atom. The van der Waals surface area contributed by atoms with Crippen LogP contribution in [0.1, 0.15) is 17.3 Å². The summed E-state index contributed by atoms with van der Waals surface area (Å²) in [5.74, 6) is -0.0699. The number of Topliss-reactive ketones (excluding diaryl/α,β-unsaturated/α-hetero) is 1. The van der Waals surface area contributed by atoms with Gasteiger partial charge in [0.15, 0.2) is 18.3 Å². The van der Waals surface area contributed by atoms with E-state index in [1.807, 2.05) is 0 Å². The second kappa shape index (κ2) is 5.86. The number of hydrogen-bond donors (Lipinski definition) is 5. The van der Waals surface area contributed by atoms with Crippen LogP contribution in [0.5, 0.6) is 0 Å². The third-order valence-corrected chi connectivity index (χ3v) is 3.19. The Morgan fingerprint density at radius 1 is 1.05 bits per heavy atom. The van der Waals surface area contributed by atoms with Crippen molar-refractivity contribution in [2.75, 3.05) is 5.32 Å². The summed E-state index contributed by atoms with van der Waals surface area (Å²) >= 11 is 0. The predicted molar refractivity (Wildman–Crippen MR) is 69.0 cm³/mol. The van der Waals surface area contributed by atoms with Gasteiger partial charge in [0.1, 0.15) is 18.3 Å². The summed E-state index contributed by atoms with van der Waals surface area (Å²) in [4.78, 5) is 11.1. The molecule has 0 unspecified atom stereocenters. The van der Waals surface area contributed by atoms with Crippen LogP contribution >= 0.6 is 0 Å². The van der Waals surface area contributed by atoms with Gasteiger partial charge in [-0.1, -0.05) is 0 Å². The highest BCUT2D eigenvalue weighted by Gasteiger charge is 2.42. The van der Waals surface area contributed by atoms with Gasteiger partial charge in [-0.15, -0.1) is 0 Å². The molecule has 5 N–H and O–H groups in total. The van der Waals surface area contributed by atoms with Gasteiger partial charge in [0.2, 0.25) is 0 Å². The van der Waals surface area contributed by atoms with E-state index in [0.717, 1.165) is 0 Å². The fourth-order valence-corrected chi connectivity index (χ4v) is 1.95. The molecular formula is C13H17NO6. The summed E-state index contributed by atoms with van der Waals surface area (Å²) in [6, 6.07) is 6.41. The highest BCUT2D eigenvalue weighted by atomic mass is 16.6. The monoisotopic (exact) mass is 283 g/mol. The van der Waals surface area contributed by atoms with Gasteiger partial charge in [-0.25, -0.2) is 0 Å². The minimum Gasteiger partial charge on any atom is -0.387 e. The van der Waals surface area contributed by atoms with Crippen LogP contribution in [0.3, 0.4) is 0 Å². The molecule has 7 heteroatoms. The van der Waals surface area contributed by atoms with Crippen molar-refractivity contribution in [1.29, 1.82) is 0 Å². The van der Waals surface area contributed by atoms with Crippen molar-refractivity contribution in [2.24, 2.45) is 0 Å². The van der Waals surface area contributed by atoms with Crippen LogP contribution in [0, 0.1) is 0 Å². The summed E-state index contributed by atoms with van der Waals surface area (Å²) in [6.07, 6.45) is -7.16. The van der Waals surface area contributed by atoms with E-state index < -0.39 is 30.8 Å². The van der Waals surface area contributed by atoms with Gasteiger partial charge < -0.3 is 30.5 Å². The van der Waals surface area contributed by atoms with E-state index in [4.69, 9.17) is 4.74 Å². The molecule has 1 aliphatic heterocycles. The number of hydrogen-bond acceptors (Lipinski definition) is 7. The van der Waals surface area contributed by atoms with E-state index >= 15 is 0 Å². The molecule has 0 amide bonds. The van der Waals surface area contributed by atoms with Gasteiger partial charge in [0, 0.05) is 11.3 Å². The number of nitrogens with one attached hydrogen (secondary N) is 1. The molecule has 1 aromatic carbocycles. The van der Waals surface area contributed by atoms with Gasteiger partial charge in [-0.3, -0.25) is 4.79 Å². The van der Waals surface area contributed by atoms with E-state index in [-0.39, 0.29) is 5.78 Å². The molecule has 1 aliphatic rings. The average Bonchev–Trinajstić information content (AvgIpc) is 2.43. The third kappa shape index (κ3) is 2.97. The van der Waals surface area contributed by atoms with Crippen molar-refractivity contribution in [3.63, 3.8) is 0 Å². The van der Waals surface area contributed by atoms with Crippen molar-refractivity contribution in [1.82, 2.24) is 0 Å². The second-order valence-electron chi connectivity index (χ2n) is 4.70. The minimum atomic E-state index is -1.60. The Balaban J connectivity index is 2.07. The zero-order chi connectivity index (χ0) is 14.9. The summed E-state index contributed by atoms with van der Waals surface area (Å²) in [5, 5.41) is 40.8. The third-order valence-electron chi connectivity index (χ3n) is 3.19. The van der Waals surface area contributed by atoms with Crippen LogP contribution in [-0.2, 0) is 4.74 Å². The fourth-order valence-electron chi connectivity index (χ4n) is 1.95. The predicted octanol–water partition coefficient (Wildman–Crippen LogP) is -0.942. The molecule has 0 spiro atoms. The largest absolute Gasteiger partial charge is 0.387 e. The maximum atomic E-state index is 11.1. The molecule has 1 saturated heterocycles. The van der Waals surface area contributed by atoms with Crippen LogP contribution in [0.2, 0.25) is 0 Å². The highest BCUT2D eigenvalue weighted by Crippen LogP contribution is 2.22. The summed E-state index contributed by atoms with van der Waals surface area (Å²) < 4.78 is 4.98. The summed E-state index contributed by atoms with van der Waals surface area (Å²) in [6.45, 7) is 1.45. The van der Waals surface area contributed by atoms with E-state index in [1.54, 1.807) is 24.3 Å². The molecule has 1 fully saturated rings. The molecule has 1 heterocycles. The SMILES string of the molecule is CC(=O)c1ccc(N[C@H]2O[C@@H](O)[C@@H](O)[C@@H](O)[C@@H]2O)cc1. The van der Waals surface area contributed by atoms with Crippen molar-refractivity contribution in [2.45, 2.75) is 37.8 Å². The van der Waals surface area contributed by atoms with Gasteiger partial charge in [-0.05, 0) is 31.2 Å². The molecule has 0 aliphatic carbocycles. The van der Waals surface area contributed by atoms with Gasteiger partial charge in [-0.2, -0.15) is 0 Å². The van der Waals surface area contributed by atoms with Crippen LogP contribution in [0.15, 0.2) is 24.3 Å². The zero-order valence-electron chi connectivity index (χ0n) is 10.8. The van der Waals surface area contributed by atoms with Crippen molar-refractivity contribution < 1.29 is 30.0 Å². The number of benzene rings is 1. The molecule has 0 radical (unpaired) electrons. The molecular weight excluding hydrogens is 266 g/mol. The van der Waals surface area contributed by atoms with Crippen LogP contribution < -0.4 is 5.32 Å². The maximum absolute atomic E-state index is 11.1. The van der Waals surface area contributed by atoms with E-state index in [1.165, 1.54) is 6.92 Å². The lowest BCUT2D eigenvalue weighted by Gasteiger charge is -2.38. The van der Waals surface area contributed by atoms with Gasteiger partial charge >= 0.3 is 0 Å². The van der Waals surface area contributed by atoms with Gasteiger partial charge in [0.05, 0.1) is 0 Å². The maximum Gasteiger partial charge on any atom is 0.186 e. The fraction of sp³-hybridized carbons (Fsp3) is 0.462. The molecule has 0 aromatic heterocycles. The Hall–Kier alpha value is -1.51. The quantitative estimate of drug-likeness (QED) is 0.454. The lowest BCUT2D eigenvalue weighted by molar-refractivity contribution is -0.275. The van der Waals surface area contributed by atoms with E-state index in [0.29, 0.717) is 11.3 Å². The molecule has 2 rings (SSSR count). The smallest absolute Gasteiger partial charge is 0.186 e. The molecule has 110 valence electrons. The van der Waals surface area contributed by atoms with Gasteiger partial charge in [0.25, 0.3) is 0 Å². The Kier molecular flexibility index (Phi) is 4.36. The minimum absolute atomic E-state index is 0.0699. The number of ketones is 1. The second-order valence-corrected chi connectivity index (χ2v) is 4.70. The lowest BCUT2D eigenvalue weighted by atomic mass is 10.0. The molecule has 20 heavy (non-hydrogen) atoms. The number of rotatable bonds is 3. The van der Waals surface area contributed by atoms with Crippen molar-refractivity contribution >= 4 is 11.5 Å². The lowest BCUT2D eigenvalue weighted by Crippen LogP contribution is -2.59. The molecule has 7 nitrogen and oxygen atoms in total. The summed E-state index contributed by atoms with van der Waals surface area (Å²) in [5.41, 5.74) is 1.07. The first-order chi connectivity index (χ1) is 9.40. The zero-order valence-corrected chi connectivity index (χ0v) is 10.8. The van der Waals surface area contributed by atoms with Crippen molar-refractivity contribution in [3.8, 4) is 0 Å². The molecule has 0 saturated carbocycles. The molecule has 0 bridgehead atoms. The Labute approximate surface area is 115 Å². The van der Waals surface area contributed by atoms with Crippen LogP contribution in [0.25, 0.3) is 0 Å². The number of aliphatic hydroxyl groups excluding tert-OH is 4. The molecule has 1 aromatic rings. The highest BCUT2D eigenvalue weighted by molar-refractivity contribution is 5.94. The Bertz CT molecular complexity index is 476.